The quantitative estimate of drug-likeness (QED) is 0.926. The third-order valence-corrected chi connectivity index (χ3v) is 4.87. The molecule has 0 bridgehead atoms. The first-order valence-electron chi connectivity index (χ1n) is 7.77. The Kier molecular flexibility index (Phi) is 3.95. The Morgan fingerprint density at radius 2 is 1.81 bits per heavy atom. The Labute approximate surface area is 124 Å². The van der Waals surface area contributed by atoms with Gasteiger partial charge in [0.05, 0.1) is 12.0 Å². The molecule has 1 aromatic rings. The first-order chi connectivity index (χ1) is 10.1. The van der Waals surface area contributed by atoms with Gasteiger partial charge in [-0.3, -0.25) is 4.79 Å². The van der Waals surface area contributed by atoms with Crippen molar-refractivity contribution in [3.63, 3.8) is 0 Å². The Hall–Kier alpha value is -1.84. The molecule has 1 aromatic carbocycles. The minimum Gasteiger partial charge on any atom is -0.478 e. The summed E-state index contributed by atoms with van der Waals surface area (Å²) >= 11 is 0. The van der Waals surface area contributed by atoms with Crippen molar-refractivity contribution >= 4 is 11.9 Å². The lowest BCUT2D eigenvalue weighted by atomic mass is 9.78. The second kappa shape index (κ2) is 5.88. The molecule has 1 atom stereocenters. The molecule has 4 nitrogen and oxygen atoms in total. The molecule has 1 aliphatic carbocycles. The lowest BCUT2D eigenvalue weighted by Crippen LogP contribution is -2.43. The highest BCUT2D eigenvalue weighted by Gasteiger charge is 2.36. The van der Waals surface area contributed by atoms with Crippen LogP contribution in [0.2, 0.25) is 0 Å². The van der Waals surface area contributed by atoms with E-state index in [1.54, 1.807) is 24.3 Å². The predicted molar refractivity (Wildman–Crippen MR) is 79.2 cm³/mol. The van der Waals surface area contributed by atoms with Gasteiger partial charge in [0.25, 0.3) is 0 Å². The summed E-state index contributed by atoms with van der Waals surface area (Å²) in [6.07, 6.45) is 6.48. The molecule has 1 amide bonds. The fourth-order valence-corrected chi connectivity index (χ4v) is 3.46. The van der Waals surface area contributed by atoms with Gasteiger partial charge in [-0.1, -0.05) is 18.6 Å². The molecular weight excluding hydrogens is 266 g/mol. The molecule has 2 aliphatic rings. The molecule has 1 heterocycles. The second-order valence-corrected chi connectivity index (χ2v) is 6.17. The zero-order chi connectivity index (χ0) is 14.8. The van der Waals surface area contributed by atoms with Gasteiger partial charge >= 0.3 is 5.97 Å². The molecular formula is C17H21NO3. The van der Waals surface area contributed by atoms with E-state index in [0.717, 1.165) is 24.9 Å². The van der Waals surface area contributed by atoms with E-state index in [4.69, 9.17) is 5.11 Å². The number of carboxylic acid groups (broad SMARTS) is 1. The van der Waals surface area contributed by atoms with Crippen LogP contribution in [0.15, 0.2) is 24.3 Å². The number of carboxylic acids is 1. The number of nitrogens with zero attached hydrogens (tertiary/aromatic N) is 1. The normalized spacial score (nSPS) is 22.1. The van der Waals surface area contributed by atoms with Crippen LogP contribution in [0.25, 0.3) is 0 Å². The van der Waals surface area contributed by atoms with Crippen LogP contribution in [0, 0.1) is 5.92 Å². The molecule has 2 fully saturated rings. The largest absolute Gasteiger partial charge is 0.478 e. The standard InChI is InChI=1S/C17H21NO3/c19-16(11-12-6-8-14(9-7-12)17(20)21)18-10-2-5-15(18)13-3-1-4-13/h6-9,13,15H,1-5,10-11H2,(H,20,21). The van der Waals surface area contributed by atoms with E-state index < -0.39 is 5.97 Å². The Morgan fingerprint density at radius 3 is 2.38 bits per heavy atom. The summed E-state index contributed by atoms with van der Waals surface area (Å²) < 4.78 is 0. The summed E-state index contributed by atoms with van der Waals surface area (Å²) in [4.78, 5) is 25.4. The van der Waals surface area contributed by atoms with Crippen LogP contribution in [0.5, 0.6) is 0 Å². The average Bonchev–Trinajstić information content (AvgIpc) is 2.86. The smallest absolute Gasteiger partial charge is 0.335 e. The van der Waals surface area contributed by atoms with Crippen LogP contribution in [0.4, 0.5) is 0 Å². The van der Waals surface area contributed by atoms with Crippen molar-refractivity contribution in [2.45, 2.75) is 44.6 Å². The van der Waals surface area contributed by atoms with Gasteiger partial charge in [-0.25, -0.2) is 4.79 Å². The molecule has 0 aromatic heterocycles. The number of likely N-dealkylation sites (tertiary alicyclic amines) is 1. The van der Waals surface area contributed by atoms with E-state index in [1.807, 2.05) is 0 Å². The number of hydrogen-bond donors (Lipinski definition) is 1. The SMILES string of the molecule is O=C(O)c1ccc(CC(=O)N2CCCC2C2CCC2)cc1. The number of aromatic carboxylic acids is 1. The fraction of sp³-hybridized carbons (Fsp3) is 0.529. The number of rotatable bonds is 4. The van der Waals surface area contributed by atoms with Crippen LogP contribution in [-0.4, -0.2) is 34.5 Å². The van der Waals surface area contributed by atoms with Gasteiger partial charge in [-0.2, -0.15) is 0 Å². The topological polar surface area (TPSA) is 57.6 Å². The van der Waals surface area contributed by atoms with Crippen molar-refractivity contribution in [3.8, 4) is 0 Å². The maximum Gasteiger partial charge on any atom is 0.335 e. The van der Waals surface area contributed by atoms with Crippen LogP contribution in [0.1, 0.15) is 48.0 Å². The van der Waals surface area contributed by atoms with Crippen molar-refractivity contribution in [1.29, 1.82) is 0 Å². The third kappa shape index (κ3) is 2.94. The Balaban J connectivity index is 1.63. The maximum atomic E-state index is 12.5. The summed E-state index contributed by atoms with van der Waals surface area (Å²) in [5.74, 6) is -0.0317. The van der Waals surface area contributed by atoms with Crippen LogP contribution < -0.4 is 0 Å². The molecule has 1 unspecified atom stereocenters. The van der Waals surface area contributed by atoms with E-state index in [9.17, 15) is 9.59 Å². The second-order valence-electron chi connectivity index (χ2n) is 6.17. The number of amides is 1. The summed E-state index contributed by atoms with van der Waals surface area (Å²) in [6, 6.07) is 7.08. The number of carbonyl (C=O) groups is 2. The molecule has 4 heteroatoms. The highest BCUT2D eigenvalue weighted by atomic mass is 16.4. The maximum absolute atomic E-state index is 12.5. The van der Waals surface area contributed by atoms with E-state index in [0.29, 0.717) is 18.4 Å². The molecule has 0 spiro atoms. The van der Waals surface area contributed by atoms with E-state index in [1.165, 1.54) is 19.3 Å². The monoisotopic (exact) mass is 287 g/mol. The number of benzene rings is 1. The Morgan fingerprint density at radius 1 is 1.10 bits per heavy atom. The highest BCUT2D eigenvalue weighted by molar-refractivity contribution is 5.87. The third-order valence-electron chi connectivity index (χ3n) is 4.87. The van der Waals surface area contributed by atoms with Crippen LogP contribution >= 0.6 is 0 Å². The lowest BCUT2D eigenvalue weighted by Gasteiger charge is -2.37. The van der Waals surface area contributed by atoms with Gasteiger partial charge in [0.15, 0.2) is 0 Å². The summed E-state index contributed by atoms with van der Waals surface area (Å²) in [7, 11) is 0. The molecule has 1 saturated heterocycles. The molecule has 112 valence electrons. The first-order valence-corrected chi connectivity index (χ1v) is 7.77. The number of hydrogen-bond acceptors (Lipinski definition) is 2. The van der Waals surface area contributed by atoms with Gasteiger partial charge in [0, 0.05) is 12.6 Å². The molecule has 0 radical (unpaired) electrons. The summed E-state index contributed by atoms with van der Waals surface area (Å²) in [5, 5.41) is 8.88. The first kappa shape index (κ1) is 14.1. The van der Waals surface area contributed by atoms with Crippen LogP contribution in [0.3, 0.4) is 0 Å². The zero-order valence-corrected chi connectivity index (χ0v) is 12.1. The van der Waals surface area contributed by atoms with Crippen molar-refractivity contribution in [1.82, 2.24) is 4.90 Å². The van der Waals surface area contributed by atoms with Crippen molar-refractivity contribution in [3.05, 3.63) is 35.4 Å². The minimum atomic E-state index is -0.933. The van der Waals surface area contributed by atoms with Gasteiger partial charge in [-0.15, -0.1) is 0 Å². The van der Waals surface area contributed by atoms with Crippen molar-refractivity contribution in [2.24, 2.45) is 5.92 Å². The average molecular weight is 287 g/mol. The highest BCUT2D eigenvalue weighted by Crippen LogP contribution is 2.37. The van der Waals surface area contributed by atoms with Gasteiger partial charge in [0.1, 0.15) is 0 Å². The van der Waals surface area contributed by atoms with Crippen molar-refractivity contribution < 1.29 is 14.7 Å². The van der Waals surface area contributed by atoms with Gasteiger partial charge < -0.3 is 10.0 Å². The Bertz CT molecular complexity index is 533. The summed E-state index contributed by atoms with van der Waals surface area (Å²) in [6.45, 7) is 0.882. The predicted octanol–water partition coefficient (Wildman–Crippen LogP) is 2.72. The van der Waals surface area contributed by atoms with Crippen molar-refractivity contribution in [2.75, 3.05) is 6.54 Å². The van der Waals surface area contributed by atoms with Gasteiger partial charge in [-0.05, 0) is 49.3 Å². The van der Waals surface area contributed by atoms with E-state index in [-0.39, 0.29) is 11.5 Å². The molecule has 1 N–H and O–H groups in total. The molecule has 1 aliphatic heterocycles. The molecule has 21 heavy (non-hydrogen) atoms. The van der Waals surface area contributed by atoms with E-state index >= 15 is 0 Å². The summed E-state index contributed by atoms with van der Waals surface area (Å²) in [5.41, 5.74) is 1.16. The van der Waals surface area contributed by atoms with Gasteiger partial charge in [0.2, 0.25) is 5.91 Å². The minimum absolute atomic E-state index is 0.187. The van der Waals surface area contributed by atoms with E-state index in [2.05, 4.69) is 4.90 Å². The molecule has 3 rings (SSSR count). The zero-order valence-electron chi connectivity index (χ0n) is 12.1. The number of carbonyl (C=O) groups excluding carboxylic acids is 1. The molecule has 1 saturated carbocycles. The van der Waals surface area contributed by atoms with Crippen LogP contribution in [-0.2, 0) is 11.2 Å². The fourth-order valence-electron chi connectivity index (χ4n) is 3.46. The lowest BCUT2D eigenvalue weighted by molar-refractivity contribution is -0.132.